The van der Waals surface area contributed by atoms with Crippen molar-refractivity contribution in [2.75, 3.05) is 6.61 Å². The van der Waals surface area contributed by atoms with E-state index >= 15 is 0 Å². The number of carbonyl (C=O) groups excluding carboxylic acids is 1. The van der Waals surface area contributed by atoms with Crippen molar-refractivity contribution in [2.45, 2.75) is 12.8 Å². The van der Waals surface area contributed by atoms with E-state index in [1.165, 1.54) is 12.5 Å². The summed E-state index contributed by atoms with van der Waals surface area (Å²) in [6.45, 7) is 2.02. The fraction of sp³-hybridized carbons (Fsp3) is 0.250. The van der Waals surface area contributed by atoms with Crippen molar-refractivity contribution in [3.63, 3.8) is 0 Å². The van der Waals surface area contributed by atoms with Crippen molar-refractivity contribution in [1.29, 1.82) is 0 Å². The summed E-state index contributed by atoms with van der Waals surface area (Å²) in [5.41, 5.74) is 0.707. The highest BCUT2D eigenvalue weighted by Crippen LogP contribution is 2.18. The summed E-state index contributed by atoms with van der Waals surface area (Å²) in [4.78, 5) is 19.9. The van der Waals surface area contributed by atoms with E-state index in [0.717, 1.165) is 0 Å². The van der Waals surface area contributed by atoms with Crippen molar-refractivity contribution < 1.29 is 13.9 Å². The van der Waals surface area contributed by atoms with Crippen LogP contribution in [0.25, 0.3) is 11.6 Å². The van der Waals surface area contributed by atoms with E-state index in [1.54, 1.807) is 19.1 Å². The lowest BCUT2D eigenvalue weighted by molar-refractivity contribution is 0.0524. The Morgan fingerprint density at radius 2 is 2.39 bits per heavy atom. The van der Waals surface area contributed by atoms with E-state index < -0.39 is 5.97 Å². The molecule has 0 aliphatic carbocycles. The molecule has 2 aromatic rings. The molecule has 0 bridgehead atoms. The highest BCUT2D eigenvalue weighted by atomic mass is 35.5. The SMILES string of the molecule is CCOC(=O)c1cnc(-c2ccco2)nc1CCl. The second kappa shape index (κ2) is 5.64. The zero-order chi connectivity index (χ0) is 13.0. The van der Waals surface area contributed by atoms with Crippen LogP contribution < -0.4 is 0 Å². The van der Waals surface area contributed by atoms with Gasteiger partial charge in [-0.25, -0.2) is 14.8 Å². The molecule has 2 aromatic heterocycles. The largest absolute Gasteiger partial charge is 0.462 e. The van der Waals surface area contributed by atoms with E-state index in [2.05, 4.69) is 9.97 Å². The van der Waals surface area contributed by atoms with Gasteiger partial charge in [0.1, 0.15) is 5.56 Å². The summed E-state index contributed by atoms with van der Waals surface area (Å²) in [7, 11) is 0. The van der Waals surface area contributed by atoms with Gasteiger partial charge in [0.15, 0.2) is 11.6 Å². The van der Waals surface area contributed by atoms with Gasteiger partial charge in [-0.2, -0.15) is 0 Å². The maximum Gasteiger partial charge on any atom is 0.341 e. The molecule has 2 heterocycles. The molecule has 0 aliphatic rings. The maximum atomic E-state index is 11.6. The highest BCUT2D eigenvalue weighted by Gasteiger charge is 2.16. The first-order chi connectivity index (χ1) is 8.76. The van der Waals surface area contributed by atoms with Gasteiger partial charge in [-0.05, 0) is 19.1 Å². The summed E-state index contributed by atoms with van der Waals surface area (Å²) < 4.78 is 10.1. The van der Waals surface area contributed by atoms with E-state index in [0.29, 0.717) is 23.9 Å². The molecule has 0 fully saturated rings. The van der Waals surface area contributed by atoms with Crippen LogP contribution in [-0.4, -0.2) is 22.5 Å². The molecule has 0 aliphatic heterocycles. The van der Waals surface area contributed by atoms with Gasteiger partial charge in [0, 0.05) is 6.20 Å². The minimum Gasteiger partial charge on any atom is -0.462 e. The van der Waals surface area contributed by atoms with Crippen molar-refractivity contribution in [1.82, 2.24) is 9.97 Å². The molecule has 0 aromatic carbocycles. The maximum absolute atomic E-state index is 11.6. The Morgan fingerprint density at radius 1 is 1.56 bits per heavy atom. The van der Waals surface area contributed by atoms with Gasteiger partial charge in [-0.3, -0.25) is 0 Å². The molecule has 6 heteroatoms. The Bertz CT molecular complexity index is 540. The summed E-state index contributed by atoms with van der Waals surface area (Å²) >= 11 is 5.78. The number of alkyl halides is 1. The molecule has 0 saturated carbocycles. The smallest absolute Gasteiger partial charge is 0.341 e. The fourth-order valence-electron chi connectivity index (χ4n) is 1.42. The van der Waals surface area contributed by atoms with E-state index in [4.69, 9.17) is 20.8 Å². The summed E-state index contributed by atoms with van der Waals surface area (Å²) in [5, 5.41) is 0. The Hall–Kier alpha value is -1.88. The molecule has 94 valence electrons. The Balaban J connectivity index is 2.37. The van der Waals surface area contributed by atoms with Crippen LogP contribution in [0.1, 0.15) is 23.0 Å². The van der Waals surface area contributed by atoms with E-state index in [-0.39, 0.29) is 11.4 Å². The number of furan rings is 1. The molecule has 0 N–H and O–H groups in total. The quantitative estimate of drug-likeness (QED) is 0.629. The molecule has 0 amide bonds. The lowest BCUT2D eigenvalue weighted by Gasteiger charge is -2.06. The summed E-state index contributed by atoms with van der Waals surface area (Å²) in [5.74, 6) is 0.546. The molecule has 0 atom stereocenters. The standard InChI is InChI=1S/C12H11ClN2O3/c1-2-17-12(16)8-7-14-11(15-9(8)6-13)10-4-3-5-18-10/h3-5,7H,2,6H2,1H3. The Labute approximate surface area is 109 Å². The van der Waals surface area contributed by atoms with E-state index in [9.17, 15) is 4.79 Å². The predicted octanol–water partition coefficient (Wildman–Crippen LogP) is 2.65. The number of esters is 1. The molecule has 0 spiro atoms. The second-order valence-corrected chi connectivity index (χ2v) is 3.65. The van der Waals surface area contributed by atoms with Gasteiger partial charge in [0.25, 0.3) is 0 Å². The van der Waals surface area contributed by atoms with Crippen LogP contribution >= 0.6 is 11.6 Å². The van der Waals surface area contributed by atoms with Crippen LogP contribution in [0.5, 0.6) is 0 Å². The zero-order valence-electron chi connectivity index (χ0n) is 9.72. The van der Waals surface area contributed by atoms with Crippen molar-refractivity contribution >= 4 is 17.6 Å². The summed E-state index contributed by atoms with van der Waals surface area (Å²) in [6, 6.07) is 3.47. The van der Waals surface area contributed by atoms with Crippen LogP contribution in [0.3, 0.4) is 0 Å². The van der Waals surface area contributed by atoms with Crippen LogP contribution in [-0.2, 0) is 10.6 Å². The van der Waals surface area contributed by atoms with Gasteiger partial charge in [-0.15, -0.1) is 11.6 Å². The monoisotopic (exact) mass is 266 g/mol. The fourth-order valence-corrected chi connectivity index (χ4v) is 1.63. The minimum atomic E-state index is -0.473. The average molecular weight is 267 g/mol. The third-order valence-corrected chi connectivity index (χ3v) is 2.48. The average Bonchev–Trinajstić information content (AvgIpc) is 2.92. The lowest BCUT2D eigenvalue weighted by atomic mass is 10.2. The molecule has 0 unspecified atom stereocenters. The summed E-state index contributed by atoms with van der Waals surface area (Å²) in [6.07, 6.45) is 2.93. The molecular formula is C12H11ClN2O3. The second-order valence-electron chi connectivity index (χ2n) is 3.39. The zero-order valence-corrected chi connectivity index (χ0v) is 10.5. The number of hydrogen-bond donors (Lipinski definition) is 0. The van der Waals surface area contributed by atoms with Gasteiger partial charge >= 0.3 is 5.97 Å². The molecule has 18 heavy (non-hydrogen) atoms. The van der Waals surface area contributed by atoms with Crippen LogP contribution in [0.15, 0.2) is 29.0 Å². The van der Waals surface area contributed by atoms with Crippen LogP contribution in [0.4, 0.5) is 0 Å². The predicted molar refractivity (Wildman–Crippen MR) is 65.2 cm³/mol. The van der Waals surface area contributed by atoms with E-state index in [1.807, 2.05) is 0 Å². The van der Waals surface area contributed by atoms with Crippen LogP contribution in [0.2, 0.25) is 0 Å². The number of ether oxygens (including phenoxy) is 1. The molecule has 0 saturated heterocycles. The van der Waals surface area contributed by atoms with Crippen molar-refractivity contribution in [3.8, 4) is 11.6 Å². The van der Waals surface area contributed by atoms with Gasteiger partial charge in [0.2, 0.25) is 0 Å². The number of hydrogen-bond acceptors (Lipinski definition) is 5. The number of halogens is 1. The number of aromatic nitrogens is 2. The third kappa shape index (κ3) is 2.51. The Kier molecular flexibility index (Phi) is 3.94. The van der Waals surface area contributed by atoms with Gasteiger partial charge in [0.05, 0.1) is 24.4 Å². The minimum absolute atomic E-state index is 0.102. The number of rotatable bonds is 4. The number of nitrogens with zero attached hydrogens (tertiary/aromatic N) is 2. The van der Waals surface area contributed by atoms with Gasteiger partial charge < -0.3 is 9.15 Å². The molecule has 0 radical (unpaired) electrons. The topological polar surface area (TPSA) is 65.2 Å². The van der Waals surface area contributed by atoms with Crippen molar-refractivity contribution in [2.24, 2.45) is 0 Å². The molecule has 5 nitrogen and oxygen atoms in total. The first-order valence-corrected chi connectivity index (χ1v) is 5.92. The first kappa shape index (κ1) is 12.6. The number of carbonyl (C=O) groups is 1. The Morgan fingerprint density at radius 3 is 3.00 bits per heavy atom. The molecular weight excluding hydrogens is 256 g/mol. The molecule has 2 rings (SSSR count). The van der Waals surface area contributed by atoms with Crippen LogP contribution in [0, 0.1) is 0 Å². The first-order valence-electron chi connectivity index (χ1n) is 5.39. The van der Waals surface area contributed by atoms with Crippen molar-refractivity contribution in [3.05, 3.63) is 35.9 Å². The lowest BCUT2D eigenvalue weighted by Crippen LogP contribution is -2.10. The third-order valence-electron chi connectivity index (χ3n) is 2.23. The highest BCUT2D eigenvalue weighted by molar-refractivity contribution is 6.17. The normalized spacial score (nSPS) is 10.3. The van der Waals surface area contributed by atoms with Gasteiger partial charge in [-0.1, -0.05) is 0 Å².